The quantitative estimate of drug-likeness (QED) is 0.896. The molecule has 0 bridgehead atoms. The highest BCUT2D eigenvalue weighted by atomic mass is 16.5. The second kappa shape index (κ2) is 6.58. The van der Waals surface area contributed by atoms with Gasteiger partial charge in [0.15, 0.2) is 5.65 Å². The van der Waals surface area contributed by atoms with Gasteiger partial charge in [-0.25, -0.2) is 4.98 Å². The third kappa shape index (κ3) is 3.36. The minimum atomic E-state index is 0.342. The lowest BCUT2D eigenvalue weighted by atomic mass is 10.1. The summed E-state index contributed by atoms with van der Waals surface area (Å²) in [6, 6.07) is 0. The smallest absolute Gasteiger partial charge is 0.225 e. The standard InChI is InChI=1S/C15H24N6O/c1-11(2)13-12-10-20(3)19-14(12)18-15(17-13)16-4-5-21-6-8-22-9-7-21/h10-11H,4-9H2,1-3H3,(H,16,18,19). The molecule has 0 radical (unpaired) electrons. The maximum absolute atomic E-state index is 5.36. The number of nitrogens with zero attached hydrogens (tertiary/aromatic N) is 5. The lowest BCUT2D eigenvalue weighted by Gasteiger charge is -2.26. The van der Waals surface area contributed by atoms with Gasteiger partial charge in [0.2, 0.25) is 5.95 Å². The number of hydrogen-bond acceptors (Lipinski definition) is 6. The fourth-order valence-corrected chi connectivity index (χ4v) is 2.71. The molecule has 22 heavy (non-hydrogen) atoms. The molecule has 120 valence electrons. The summed E-state index contributed by atoms with van der Waals surface area (Å²) in [5.74, 6) is 1.01. The van der Waals surface area contributed by atoms with E-state index < -0.39 is 0 Å². The number of hydrogen-bond donors (Lipinski definition) is 1. The summed E-state index contributed by atoms with van der Waals surface area (Å²) >= 11 is 0. The third-order valence-corrected chi connectivity index (χ3v) is 3.89. The van der Waals surface area contributed by atoms with E-state index in [0.717, 1.165) is 56.1 Å². The van der Waals surface area contributed by atoms with Crippen LogP contribution >= 0.6 is 0 Å². The Labute approximate surface area is 130 Å². The van der Waals surface area contributed by atoms with Crippen LogP contribution in [0.4, 0.5) is 5.95 Å². The fraction of sp³-hybridized carbons (Fsp3) is 0.667. The maximum atomic E-state index is 5.36. The Bertz CT molecular complexity index is 632. The van der Waals surface area contributed by atoms with Gasteiger partial charge in [-0.1, -0.05) is 13.8 Å². The Morgan fingerprint density at radius 2 is 2.05 bits per heavy atom. The van der Waals surface area contributed by atoms with Crippen LogP contribution in [0.3, 0.4) is 0 Å². The molecule has 1 aliphatic rings. The molecule has 0 aliphatic carbocycles. The van der Waals surface area contributed by atoms with Crippen molar-refractivity contribution in [3.63, 3.8) is 0 Å². The summed E-state index contributed by atoms with van der Waals surface area (Å²) in [5, 5.41) is 8.79. The summed E-state index contributed by atoms with van der Waals surface area (Å²) in [6.45, 7) is 9.75. The summed E-state index contributed by atoms with van der Waals surface area (Å²) in [6.07, 6.45) is 1.99. The SMILES string of the molecule is CC(C)c1nc(NCCN2CCOCC2)nc2nn(C)cc12. The minimum absolute atomic E-state index is 0.342. The van der Waals surface area contributed by atoms with Crippen LogP contribution in [0, 0.1) is 0 Å². The van der Waals surface area contributed by atoms with Crippen molar-refractivity contribution in [1.29, 1.82) is 0 Å². The van der Waals surface area contributed by atoms with Gasteiger partial charge in [-0.05, 0) is 5.92 Å². The second-order valence-corrected chi connectivity index (χ2v) is 6.01. The predicted octanol–water partition coefficient (Wildman–Crippen LogP) is 1.23. The Kier molecular flexibility index (Phi) is 4.54. The normalized spacial score (nSPS) is 16.5. The average Bonchev–Trinajstić information content (AvgIpc) is 2.87. The van der Waals surface area contributed by atoms with Crippen LogP contribution in [0.5, 0.6) is 0 Å². The maximum Gasteiger partial charge on any atom is 0.225 e. The molecule has 2 aromatic rings. The molecule has 2 aromatic heterocycles. The van der Waals surface area contributed by atoms with Crippen LogP contribution in [0.1, 0.15) is 25.5 Å². The van der Waals surface area contributed by atoms with Crippen molar-refractivity contribution in [3.8, 4) is 0 Å². The highest BCUT2D eigenvalue weighted by Crippen LogP contribution is 2.22. The number of nitrogens with one attached hydrogen (secondary N) is 1. The summed E-state index contributed by atoms with van der Waals surface area (Å²) in [4.78, 5) is 11.6. The fourth-order valence-electron chi connectivity index (χ4n) is 2.71. The number of aryl methyl sites for hydroxylation is 1. The van der Waals surface area contributed by atoms with Gasteiger partial charge >= 0.3 is 0 Å². The molecule has 1 fully saturated rings. The van der Waals surface area contributed by atoms with E-state index in [0.29, 0.717) is 11.9 Å². The molecule has 7 nitrogen and oxygen atoms in total. The summed E-state index contributed by atoms with van der Waals surface area (Å²) in [5.41, 5.74) is 1.81. The zero-order valence-corrected chi connectivity index (χ0v) is 13.5. The Balaban J connectivity index is 1.70. The van der Waals surface area contributed by atoms with E-state index >= 15 is 0 Å². The van der Waals surface area contributed by atoms with Crippen LogP contribution in [0.15, 0.2) is 6.20 Å². The first-order valence-corrected chi connectivity index (χ1v) is 7.89. The number of rotatable bonds is 5. The Morgan fingerprint density at radius 3 is 2.77 bits per heavy atom. The van der Waals surface area contributed by atoms with Crippen molar-refractivity contribution < 1.29 is 4.74 Å². The zero-order valence-electron chi connectivity index (χ0n) is 13.5. The average molecular weight is 304 g/mol. The first kappa shape index (κ1) is 15.2. The van der Waals surface area contributed by atoms with Gasteiger partial charge in [0, 0.05) is 39.4 Å². The molecule has 0 saturated carbocycles. The molecule has 1 N–H and O–H groups in total. The van der Waals surface area contributed by atoms with Crippen molar-refractivity contribution in [3.05, 3.63) is 11.9 Å². The first-order valence-electron chi connectivity index (χ1n) is 7.89. The van der Waals surface area contributed by atoms with E-state index in [9.17, 15) is 0 Å². The number of aromatic nitrogens is 4. The number of morpholine rings is 1. The number of fused-ring (bicyclic) bond motifs is 1. The van der Waals surface area contributed by atoms with Crippen LogP contribution in [0.25, 0.3) is 11.0 Å². The van der Waals surface area contributed by atoms with Crippen molar-refractivity contribution in [1.82, 2.24) is 24.6 Å². The lowest BCUT2D eigenvalue weighted by molar-refractivity contribution is 0.0398. The number of ether oxygens (including phenoxy) is 1. The predicted molar refractivity (Wildman–Crippen MR) is 86.1 cm³/mol. The summed E-state index contributed by atoms with van der Waals surface area (Å²) in [7, 11) is 1.91. The molecule has 0 spiro atoms. The van der Waals surface area contributed by atoms with Crippen molar-refractivity contribution >= 4 is 17.0 Å². The van der Waals surface area contributed by atoms with E-state index in [4.69, 9.17) is 4.74 Å². The van der Waals surface area contributed by atoms with E-state index in [2.05, 4.69) is 39.1 Å². The van der Waals surface area contributed by atoms with Gasteiger partial charge in [0.05, 0.1) is 24.3 Å². The van der Waals surface area contributed by atoms with Crippen LogP contribution in [0.2, 0.25) is 0 Å². The van der Waals surface area contributed by atoms with Crippen molar-refractivity contribution in [2.24, 2.45) is 7.05 Å². The lowest BCUT2D eigenvalue weighted by Crippen LogP contribution is -2.39. The summed E-state index contributed by atoms with van der Waals surface area (Å²) < 4.78 is 7.15. The molecule has 3 rings (SSSR count). The van der Waals surface area contributed by atoms with Gasteiger partial charge in [0.1, 0.15) is 0 Å². The van der Waals surface area contributed by atoms with Crippen LogP contribution in [-0.2, 0) is 11.8 Å². The van der Waals surface area contributed by atoms with Gasteiger partial charge in [-0.3, -0.25) is 9.58 Å². The second-order valence-electron chi connectivity index (χ2n) is 6.01. The number of anilines is 1. The molecule has 0 atom stereocenters. The first-order chi connectivity index (χ1) is 10.6. The molecule has 7 heteroatoms. The van der Waals surface area contributed by atoms with Gasteiger partial charge < -0.3 is 10.1 Å². The highest BCUT2D eigenvalue weighted by Gasteiger charge is 2.14. The Morgan fingerprint density at radius 1 is 1.27 bits per heavy atom. The monoisotopic (exact) mass is 304 g/mol. The van der Waals surface area contributed by atoms with Gasteiger partial charge in [-0.15, -0.1) is 0 Å². The van der Waals surface area contributed by atoms with E-state index in [1.165, 1.54) is 0 Å². The van der Waals surface area contributed by atoms with Crippen LogP contribution in [-0.4, -0.2) is 64.0 Å². The molecule has 0 aromatic carbocycles. The van der Waals surface area contributed by atoms with Crippen molar-refractivity contribution in [2.75, 3.05) is 44.7 Å². The molecule has 3 heterocycles. The largest absolute Gasteiger partial charge is 0.379 e. The van der Waals surface area contributed by atoms with Crippen molar-refractivity contribution in [2.45, 2.75) is 19.8 Å². The highest BCUT2D eigenvalue weighted by molar-refractivity contribution is 5.78. The van der Waals surface area contributed by atoms with Gasteiger partial charge in [-0.2, -0.15) is 10.1 Å². The topological polar surface area (TPSA) is 68.1 Å². The van der Waals surface area contributed by atoms with Gasteiger partial charge in [0.25, 0.3) is 0 Å². The Hall–Kier alpha value is -1.73. The van der Waals surface area contributed by atoms with E-state index in [-0.39, 0.29) is 0 Å². The minimum Gasteiger partial charge on any atom is -0.379 e. The van der Waals surface area contributed by atoms with E-state index in [1.807, 2.05) is 13.2 Å². The van der Waals surface area contributed by atoms with E-state index in [1.54, 1.807) is 4.68 Å². The third-order valence-electron chi connectivity index (χ3n) is 3.89. The molecule has 1 aliphatic heterocycles. The molecular weight excluding hydrogens is 280 g/mol. The molecular formula is C15H24N6O. The molecule has 0 amide bonds. The van der Waals surface area contributed by atoms with Crippen LogP contribution < -0.4 is 5.32 Å². The zero-order chi connectivity index (χ0) is 15.5. The molecule has 1 saturated heterocycles. The molecule has 0 unspecified atom stereocenters.